The molecule has 0 saturated heterocycles. The van der Waals surface area contributed by atoms with E-state index >= 15 is 0 Å². The molecule has 0 radical (unpaired) electrons. The van der Waals surface area contributed by atoms with Crippen LogP contribution in [-0.2, 0) is 6.42 Å². The lowest BCUT2D eigenvalue weighted by molar-refractivity contribution is 0.312. The van der Waals surface area contributed by atoms with Gasteiger partial charge >= 0.3 is 0 Å². The van der Waals surface area contributed by atoms with Crippen molar-refractivity contribution < 1.29 is 4.74 Å². The molecule has 1 aliphatic rings. The molecule has 0 aliphatic heterocycles. The number of nitrogen functional groups attached to an aromatic ring is 1. The van der Waals surface area contributed by atoms with Crippen LogP contribution in [0.2, 0.25) is 5.28 Å². The third-order valence-corrected chi connectivity index (χ3v) is 5.76. The van der Waals surface area contributed by atoms with Gasteiger partial charge in [0.15, 0.2) is 0 Å². The average molecular weight is 434 g/mol. The summed E-state index contributed by atoms with van der Waals surface area (Å²) < 4.78 is 5.80. The van der Waals surface area contributed by atoms with Gasteiger partial charge in [-0.25, -0.2) is 9.97 Å². The summed E-state index contributed by atoms with van der Waals surface area (Å²) in [6.07, 6.45) is 2.69. The van der Waals surface area contributed by atoms with Gasteiger partial charge in [0.05, 0.1) is 17.9 Å². The highest BCUT2D eigenvalue weighted by atomic mass is 35.5. The van der Waals surface area contributed by atoms with Crippen molar-refractivity contribution in [1.29, 1.82) is 5.26 Å². The van der Waals surface area contributed by atoms with Crippen molar-refractivity contribution in [3.05, 3.63) is 76.2 Å². The molecule has 2 aromatic carbocycles. The van der Waals surface area contributed by atoms with Gasteiger partial charge in [-0.15, -0.1) is 0 Å². The van der Waals surface area contributed by atoms with Gasteiger partial charge in [-0.05, 0) is 48.6 Å². The van der Waals surface area contributed by atoms with Crippen molar-refractivity contribution in [3.63, 3.8) is 0 Å². The van der Waals surface area contributed by atoms with E-state index < -0.39 is 0 Å². The minimum Gasteiger partial charge on any atom is -0.492 e. The van der Waals surface area contributed by atoms with E-state index in [1.807, 2.05) is 13.1 Å². The number of hydrogen-bond acceptors (Lipinski definition) is 6. The van der Waals surface area contributed by atoms with Gasteiger partial charge in [0.25, 0.3) is 0 Å². The monoisotopic (exact) mass is 433 g/mol. The summed E-state index contributed by atoms with van der Waals surface area (Å²) >= 11 is 6.30. The van der Waals surface area contributed by atoms with E-state index in [9.17, 15) is 5.26 Å². The molecule has 158 valence electrons. The minimum absolute atomic E-state index is 0.250. The molecule has 31 heavy (non-hydrogen) atoms. The molecule has 2 N–H and O–H groups in total. The number of benzene rings is 2. The Kier molecular flexibility index (Phi) is 6.24. The van der Waals surface area contributed by atoms with Gasteiger partial charge in [0, 0.05) is 36.8 Å². The summed E-state index contributed by atoms with van der Waals surface area (Å²) in [5.74, 6) is 1.65. The highest BCUT2D eigenvalue weighted by Crippen LogP contribution is 2.40. The van der Waals surface area contributed by atoms with Crippen LogP contribution in [0, 0.1) is 11.3 Å². The number of ether oxygens (including phenoxy) is 1. The third-order valence-electron chi connectivity index (χ3n) is 5.59. The molecule has 0 bridgehead atoms. The van der Waals surface area contributed by atoms with Crippen LogP contribution >= 0.6 is 11.6 Å². The average Bonchev–Trinajstić information content (AvgIpc) is 3.20. The van der Waals surface area contributed by atoms with Crippen LogP contribution in [0.25, 0.3) is 0 Å². The van der Waals surface area contributed by atoms with Crippen LogP contribution < -0.4 is 15.4 Å². The number of fused-ring (bicyclic) bond motifs is 1. The molecule has 4 rings (SSSR count). The second-order valence-electron chi connectivity index (χ2n) is 7.67. The molecule has 1 unspecified atom stereocenters. The summed E-state index contributed by atoms with van der Waals surface area (Å²) in [7, 11) is 2.01. The van der Waals surface area contributed by atoms with Crippen LogP contribution in [0.4, 0.5) is 11.5 Å². The minimum atomic E-state index is 0.250. The van der Waals surface area contributed by atoms with Gasteiger partial charge in [0.2, 0.25) is 5.28 Å². The lowest BCUT2D eigenvalue weighted by Gasteiger charge is -2.21. The van der Waals surface area contributed by atoms with Gasteiger partial charge in [-0.1, -0.05) is 30.3 Å². The van der Waals surface area contributed by atoms with Gasteiger partial charge < -0.3 is 15.4 Å². The first kappa shape index (κ1) is 21.0. The van der Waals surface area contributed by atoms with Crippen LogP contribution in [-0.4, -0.2) is 30.2 Å². The molecule has 0 amide bonds. The van der Waals surface area contributed by atoms with Crippen LogP contribution in [0.3, 0.4) is 0 Å². The second kappa shape index (κ2) is 9.23. The Balaban J connectivity index is 1.44. The lowest BCUT2D eigenvalue weighted by Crippen LogP contribution is -2.23. The Morgan fingerprint density at radius 2 is 2.03 bits per heavy atom. The molecule has 1 aromatic heterocycles. The Hall–Kier alpha value is -3.30. The summed E-state index contributed by atoms with van der Waals surface area (Å²) in [5.41, 5.74) is 10.3. The van der Waals surface area contributed by atoms with E-state index in [4.69, 9.17) is 22.1 Å². The molecule has 7 heteroatoms. The van der Waals surface area contributed by atoms with Crippen molar-refractivity contribution in [3.8, 4) is 11.8 Å². The summed E-state index contributed by atoms with van der Waals surface area (Å²) in [6, 6.07) is 17.6. The normalized spacial score (nSPS) is 14.7. The molecule has 1 heterocycles. The van der Waals surface area contributed by atoms with Crippen molar-refractivity contribution in [1.82, 2.24) is 9.97 Å². The number of nitriles is 1. The predicted octanol–water partition coefficient (Wildman–Crippen LogP) is 4.57. The Bertz CT molecular complexity index is 1110. The highest BCUT2D eigenvalue weighted by Gasteiger charge is 2.30. The molecular weight excluding hydrogens is 410 g/mol. The first-order valence-corrected chi connectivity index (χ1v) is 10.7. The van der Waals surface area contributed by atoms with E-state index in [0.29, 0.717) is 23.6 Å². The van der Waals surface area contributed by atoms with E-state index in [2.05, 4.69) is 45.2 Å². The van der Waals surface area contributed by atoms with E-state index in [0.717, 1.165) is 37.3 Å². The maximum atomic E-state index is 9.22. The van der Waals surface area contributed by atoms with Crippen molar-refractivity contribution in [2.75, 3.05) is 30.8 Å². The molecule has 6 nitrogen and oxygen atoms in total. The molecule has 3 aromatic rings. The number of halogens is 1. The number of rotatable bonds is 7. The first-order chi connectivity index (χ1) is 15.1. The van der Waals surface area contributed by atoms with Gasteiger partial charge in [-0.3, -0.25) is 0 Å². The number of aromatic nitrogens is 2. The van der Waals surface area contributed by atoms with Crippen molar-refractivity contribution in [2.45, 2.75) is 25.2 Å². The SMILES string of the molecule is CN(CCCOc1cc(N)ccc1C#N)c1nc(Cl)nc2c1CCC2c1ccccc1. The Morgan fingerprint density at radius 1 is 1.23 bits per heavy atom. The molecule has 0 spiro atoms. The quantitative estimate of drug-likeness (QED) is 0.333. The Morgan fingerprint density at radius 3 is 2.81 bits per heavy atom. The topological polar surface area (TPSA) is 88.1 Å². The summed E-state index contributed by atoms with van der Waals surface area (Å²) in [6.45, 7) is 1.20. The van der Waals surface area contributed by atoms with Crippen LogP contribution in [0.1, 0.15) is 41.1 Å². The fourth-order valence-electron chi connectivity index (χ4n) is 4.08. The zero-order chi connectivity index (χ0) is 21.8. The maximum Gasteiger partial charge on any atom is 0.224 e. The third kappa shape index (κ3) is 4.57. The maximum absolute atomic E-state index is 9.22. The molecular formula is C24H24ClN5O. The van der Waals surface area contributed by atoms with Gasteiger partial charge in [0.1, 0.15) is 17.6 Å². The summed E-state index contributed by atoms with van der Waals surface area (Å²) in [5, 5.41) is 9.49. The number of anilines is 2. The van der Waals surface area contributed by atoms with Crippen molar-refractivity contribution in [2.24, 2.45) is 0 Å². The van der Waals surface area contributed by atoms with E-state index in [1.165, 1.54) is 11.1 Å². The van der Waals surface area contributed by atoms with Crippen LogP contribution in [0.15, 0.2) is 48.5 Å². The lowest BCUT2D eigenvalue weighted by atomic mass is 9.97. The predicted molar refractivity (Wildman–Crippen MR) is 123 cm³/mol. The number of nitrogens with two attached hydrogens (primary N) is 1. The standard InChI is InChI=1S/C24H24ClN5O/c1-30(12-5-13-31-21-14-18(27)9-8-17(21)15-26)23-20-11-10-19(16-6-3-2-4-7-16)22(20)28-24(25)29-23/h2-4,6-9,14,19H,5,10-13,27H2,1H3. The summed E-state index contributed by atoms with van der Waals surface area (Å²) in [4.78, 5) is 11.2. The highest BCUT2D eigenvalue weighted by molar-refractivity contribution is 6.28. The zero-order valence-corrected chi connectivity index (χ0v) is 18.1. The molecule has 1 aliphatic carbocycles. The van der Waals surface area contributed by atoms with Crippen molar-refractivity contribution >= 4 is 23.1 Å². The number of hydrogen-bond donors (Lipinski definition) is 1. The largest absolute Gasteiger partial charge is 0.492 e. The van der Waals surface area contributed by atoms with Crippen LogP contribution in [0.5, 0.6) is 5.75 Å². The zero-order valence-electron chi connectivity index (χ0n) is 17.4. The molecule has 0 fully saturated rings. The Labute approximate surface area is 187 Å². The molecule has 1 atom stereocenters. The fraction of sp³-hybridized carbons (Fsp3) is 0.292. The second-order valence-corrected chi connectivity index (χ2v) is 8.01. The van der Waals surface area contributed by atoms with E-state index in [1.54, 1.807) is 18.2 Å². The smallest absolute Gasteiger partial charge is 0.224 e. The van der Waals surface area contributed by atoms with Gasteiger partial charge in [-0.2, -0.15) is 5.26 Å². The first-order valence-electron chi connectivity index (χ1n) is 10.3. The van der Waals surface area contributed by atoms with E-state index in [-0.39, 0.29) is 11.2 Å². The molecule has 0 saturated carbocycles. The fourth-order valence-corrected chi connectivity index (χ4v) is 4.25. The number of nitrogens with zero attached hydrogens (tertiary/aromatic N) is 4.